The standard InChI is InChI=1S/C20H30N4O3S.C7H16N2/c1-23-11-5-8-16(23)13-24(2)28(26,27)22-20(25)21-19-17-9-3-6-14(17)12-15-7-4-10-18(15)19;1-8-6-7-4-3-5-9(7)2/h12,16H,3-11,13H2,1-2H3,(H2,21,22,25);7-8H,3-6H2,1-2H3/t16-;7-/m11/s1. The zero-order valence-corrected chi connectivity index (χ0v) is 23.9. The minimum Gasteiger partial charge on any atom is -0.318 e. The quantitative estimate of drug-likeness (QED) is 0.497. The third kappa shape index (κ3) is 6.84. The van der Waals surface area contributed by atoms with Crippen LogP contribution in [0.3, 0.4) is 0 Å². The molecular weight excluding hydrogens is 488 g/mol. The van der Waals surface area contributed by atoms with E-state index in [1.807, 2.05) is 14.1 Å². The average molecular weight is 535 g/mol. The predicted octanol–water partition coefficient (Wildman–Crippen LogP) is 2.36. The Labute approximate surface area is 223 Å². The van der Waals surface area contributed by atoms with Crippen LogP contribution in [-0.4, -0.2) is 95.0 Å². The van der Waals surface area contributed by atoms with Crippen molar-refractivity contribution < 1.29 is 13.2 Å². The van der Waals surface area contributed by atoms with Gasteiger partial charge in [-0.3, -0.25) is 0 Å². The van der Waals surface area contributed by atoms with E-state index in [2.05, 4.69) is 38.3 Å². The van der Waals surface area contributed by atoms with Crippen LogP contribution in [0.15, 0.2) is 6.07 Å². The van der Waals surface area contributed by atoms with Crippen LogP contribution in [0.1, 0.15) is 60.8 Å². The SMILES string of the molecule is CN1CCC[C@@H]1CN(C)S(=O)(=O)NC(=O)Nc1c2c(cc3c1CCC3)CCC2.CNC[C@H]1CCCN1C. The van der Waals surface area contributed by atoms with Gasteiger partial charge < -0.3 is 20.4 Å². The van der Waals surface area contributed by atoms with Gasteiger partial charge >= 0.3 is 16.2 Å². The van der Waals surface area contributed by atoms with Crippen molar-refractivity contribution in [1.82, 2.24) is 24.1 Å². The van der Waals surface area contributed by atoms with Gasteiger partial charge in [0.1, 0.15) is 0 Å². The van der Waals surface area contributed by atoms with E-state index < -0.39 is 16.2 Å². The van der Waals surface area contributed by atoms with Crippen LogP contribution < -0.4 is 15.4 Å². The van der Waals surface area contributed by atoms with Crippen LogP contribution in [0.4, 0.5) is 10.5 Å². The molecule has 0 bridgehead atoms. The molecule has 5 rings (SSSR count). The summed E-state index contributed by atoms with van der Waals surface area (Å²) in [7, 11) is 3.89. The molecule has 9 nitrogen and oxygen atoms in total. The molecule has 0 spiro atoms. The molecule has 2 atom stereocenters. The molecule has 208 valence electrons. The number of fused-ring (bicyclic) bond motifs is 2. The van der Waals surface area contributed by atoms with Crippen molar-refractivity contribution in [2.75, 3.05) is 59.7 Å². The first-order chi connectivity index (χ1) is 17.7. The zero-order valence-electron chi connectivity index (χ0n) is 23.1. The van der Waals surface area contributed by atoms with Crippen LogP contribution in [0.2, 0.25) is 0 Å². The molecule has 2 fully saturated rings. The van der Waals surface area contributed by atoms with E-state index in [-0.39, 0.29) is 6.04 Å². The number of likely N-dealkylation sites (tertiary alicyclic amines) is 2. The summed E-state index contributed by atoms with van der Waals surface area (Å²) in [5.41, 5.74) is 5.84. The van der Waals surface area contributed by atoms with Gasteiger partial charge in [-0.25, -0.2) is 9.52 Å². The first-order valence-corrected chi connectivity index (χ1v) is 15.4. The number of hydrogen-bond donors (Lipinski definition) is 3. The fourth-order valence-electron chi connectivity index (χ4n) is 6.38. The summed E-state index contributed by atoms with van der Waals surface area (Å²) in [4.78, 5) is 17.2. The number of hydrogen-bond acceptors (Lipinski definition) is 6. The van der Waals surface area contributed by atoms with Crippen LogP contribution in [0, 0.1) is 0 Å². The number of rotatable bonds is 7. The average Bonchev–Trinajstić information content (AvgIpc) is 3.64. The van der Waals surface area contributed by atoms with E-state index in [9.17, 15) is 13.2 Å². The maximum atomic E-state index is 12.6. The summed E-state index contributed by atoms with van der Waals surface area (Å²) in [5, 5.41) is 6.09. The molecule has 2 amide bonds. The fraction of sp³-hybridized carbons (Fsp3) is 0.741. The highest BCUT2D eigenvalue weighted by atomic mass is 32.2. The largest absolute Gasteiger partial charge is 0.333 e. The Kier molecular flexibility index (Phi) is 9.50. The van der Waals surface area contributed by atoms with Crippen molar-refractivity contribution in [3.05, 3.63) is 28.3 Å². The molecule has 2 aliphatic carbocycles. The third-order valence-corrected chi connectivity index (χ3v) is 10.0. The van der Waals surface area contributed by atoms with Crippen molar-refractivity contribution in [3.63, 3.8) is 0 Å². The van der Waals surface area contributed by atoms with Crippen molar-refractivity contribution in [1.29, 1.82) is 0 Å². The predicted molar refractivity (Wildman–Crippen MR) is 149 cm³/mol. The molecule has 2 heterocycles. The van der Waals surface area contributed by atoms with Crippen LogP contribution in [0.25, 0.3) is 0 Å². The smallest absolute Gasteiger partial charge is 0.318 e. The van der Waals surface area contributed by atoms with Crippen LogP contribution in [0.5, 0.6) is 0 Å². The van der Waals surface area contributed by atoms with Gasteiger partial charge in [0.05, 0.1) is 0 Å². The second-order valence-corrected chi connectivity index (χ2v) is 13.0. The van der Waals surface area contributed by atoms with Gasteiger partial charge in [-0.15, -0.1) is 0 Å². The first-order valence-electron chi connectivity index (χ1n) is 14.0. The second-order valence-electron chi connectivity index (χ2n) is 11.2. The van der Waals surface area contributed by atoms with Gasteiger partial charge in [-0.2, -0.15) is 12.7 Å². The normalized spacial score (nSPS) is 23.6. The molecule has 2 saturated heterocycles. The highest BCUT2D eigenvalue weighted by Gasteiger charge is 2.30. The van der Waals surface area contributed by atoms with E-state index >= 15 is 0 Å². The number of urea groups is 1. The van der Waals surface area contributed by atoms with Crippen LogP contribution in [-0.2, 0) is 35.9 Å². The molecule has 4 aliphatic rings. The van der Waals surface area contributed by atoms with Gasteiger partial charge in [-0.05, 0) is 121 Å². The number of nitrogens with zero attached hydrogens (tertiary/aromatic N) is 3. The minimum absolute atomic E-state index is 0.199. The van der Waals surface area contributed by atoms with Crippen molar-refractivity contribution >= 4 is 21.9 Å². The van der Waals surface area contributed by atoms with Crippen molar-refractivity contribution in [2.24, 2.45) is 0 Å². The summed E-state index contributed by atoms with van der Waals surface area (Å²) in [6, 6.07) is 2.62. The van der Waals surface area contributed by atoms with E-state index in [0.29, 0.717) is 6.54 Å². The monoisotopic (exact) mass is 534 g/mol. The molecule has 37 heavy (non-hydrogen) atoms. The highest BCUT2D eigenvalue weighted by molar-refractivity contribution is 7.87. The Balaban J connectivity index is 0.000000301. The fourth-order valence-corrected chi connectivity index (χ4v) is 7.19. The minimum atomic E-state index is -3.87. The molecule has 1 aromatic rings. The Hall–Kier alpha value is -1.72. The van der Waals surface area contributed by atoms with E-state index in [4.69, 9.17) is 0 Å². The lowest BCUT2D eigenvalue weighted by atomic mass is 9.99. The number of aryl methyl sites for hydroxylation is 2. The van der Waals surface area contributed by atoms with E-state index in [1.54, 1.807) is 0 Å². The van der Waals surface area contributed by atoms with Gasteiger partial charge in [-0.1, -0.05) is 6.07 Å². The maximum absolute atomic E-state index is 12.6. The maximum Gasteiger partial charge on any atom is 0.333 e. The molecule has 0 aromatic heterocycles. The highest BCUT2D eigenvalue weighted by Crippen LogP contribution is 2.38. The number of carbonyl (C=O) groups is 1. The number of amides is 2. The van der Waals surface area contributed by atoms with Crippen molar-refractivity contribution in [2.45, 2.75) is 76.3 Å². The second kappa shape index (κ2) is 12.4. The molecule has 1 aromatic carbocycles. The molecule has 10 heteroatoms. The number of anilines is 1. The van der Waals surface area contributed by atoms with Crippen molar-refractivity contribution in [3.8, 4) is 0 Å². The van der Waals surface area contributed by atoms with Gasteiger partial charge in [0.15, 0.2) is 0 Å². The van der Waals surface area contributed by atoms with E-state index in [0.717, 1.165) is 76.2 Å². The lowest BCUT2D eigenvalue weighted by molar-refractivity contribution is 0.253. The Morgan fingerprint density at radius 1 is 0.946 bits per heavy atom. The summed E-state index contributed by atoms with van der Waals surface area (Å²) >= 11 is 0. The summed E-state index contributed by atoms with van der Waals surface area (Å²) < 4.78 is 28.7. The molecule has 0 saturated carbocycles. The molecular formula is C27H46N6O3S. The molecule has 0 unspecified atom stereocenters. The Morgan fingerprint density at radius 2 is 1.51 bits per heavy atom. The lowest BCUT2D eigenvalue weighted by Crippen LogP contribution is -2.47. The van der Waals surface area contributed by atoms with Gasteiger partial charge in [0.25, 0.3) is 0 Å². The third-order valence-electron chi connectivity index (χ3n) is 8.59. The number of nitrogens with one attached hydrogen (secondary N) is 3. The zero-order chi connectivity index (χ0) is 26.6. The number of benzene rings is 1. The van der Waals surface area contributed by atoms with E-state index in [1.165, 1.54) is 53.0 Å². The summed E-state index contributed by atoms with van der Waals surface area (Å²) in [6.07, 6.45) is 10.9. The molecule has 2 aliphatic heterocycles. The van der Waals surface area contributed by atoms with Crippen LogP contribution >= 0.6 is 0 Å². The Morgan fingerprint density at radius 3 is 2.03 bits per heavy atom. The lowest BCUT2D eigenvalue weighted by Gasteiger charge is -2.25. The number of likely N-dealkylation sites (N-methyl/N-ethyl adjacent to an activating group) is 4. The summed E-state index contributed by atoms with van der Waals surface area (Å²) in [5.74, 6) is 0. The first kappa shape index (κ1) is 28.3. The summed E-state index contributed by atoms with van der Waals surface area (Å²) in [6.45, 7) is 3.80. The van der Waals surface area contributed by atoms with Gasteiger partial charge in [0.2, 0.25) is 0 Å². The molecule has 3 N–H and O–H groups in total. The molecule has 0 radical (unpaired) electrons. The number of carbonyl (C=O) groups excluding carboxylic acids is 1. The topological polar surface area (TPSA) is 97.0 Å². The Bertz CT molecular complexity index is 1030. The van der Waals surface area contributed by atoms with Gasteiger partial charge in [0, 0.05) is 37.9 Å².